The molecule has 0 aliphatic carbocycles. The summed E-state index contributed by atoms with van der Waals surface area (Å²) in [5.74, 6) is 0.144. The van der Waals surface area contributed by atoms with E-state index in [4.69, 9.17) is 5.73 Å². The highest BCUT2D eigenvalue weighted by Gasteiger charge is 2.05. The Morgan fingerprint density at radius 1 is 1.19 bits per heavy atom. The number of hydrogen-bond acceptors (Lipinski definition) is 5. The number of nitrogens with one attached hydrogen (secondary N) is 1. The first kappa shape index (κ1) is 10.0. The van der Waals surface area contributed by atoms with Gasteiger partial charge in [0.1, 0.15) is 5.82 Å². The van der Waals surface area contributed by atoms with Crippen LogP contribution in [0.3, 0.4) is 0 Å². The van der Waals surface area contributed by atoms with Gasteiger partial charge >= 0.3 is 0 Å². The lowest BCUT2D eigenvalue weighted by Crippen LogP contribution is -2.12. The van der Waals surface area contributed by atoms with Crippen molar-refractivity contribution in [3.63, 3.8) is 0 Å². The van der Waals surface area contributed by atoms with E-state index in [9.17, 15) is 4.79 Å². The van der Waals surface area contributed by atoms with Crippen LogP contribution in [0.2, 0.25) is 0 Å². The Morgan fingerprint density at radius 2 is 2.06 bits per heavy atom. The molecule has 2 aromatic heterocycles. The lowest BCUT2D eigenvalue weighted by atomic mass is 10.3. The van der Waals surface area contributed by atoms with Gasteiger partial charge in [-0.25, -0.2) is 4.98 Å². The van der Waals surface area contributed by atoms with Crippen LogP contribution in [-0.4, -0.2) is 21.1 Å². The molecule has 0 fully saturated rings. The van der Waals surface area contributed by atoms with E-state index in [2.05, 4.69) is 20.5 Å². The standard InChI is InChI=1S/C10H9N5O/c11-9-2-1-8(6-12-9)15-10(16)7-3-4-13-14-5-7/h1-6H,(H2,11,12)(H,15,16). The minimum absolute atomic E-state index is 0.263. The topological polar surface area (TPSA) is 93.8 Å². The Kier molecular flexibility index (Phi) is 2.73. The maximum Gasteiger partial charge on any atom is 0.257 e. The number of pyridine rings is 1. The fraction of sp³-hybridized carbons (Fsp3) is 0. The third-order valence-electron chi connectivity index (χ3n) is 1.89. The predicted molar refractivity (Wildman–Crippen MR) is 58.6 cm³/mol. The number of hydrogen-bond donors (Lipinski definition) is 2. The molecule has 6 nitrogen and oxygen atoms in total. The molecule has 0 aliphatic rings. The summed E-state index contributed by atoms with van der Waals surface area (Å²) in [7, 11) is 0. The first-order valence-electron chi connectivity index (χ1n) is 4.55. The van der Waals surface area contributed by atoms with Gasteiger partial charge in [0, 0.05) is 0 Å². The second-order valence-electron chi connectivity index (χ2n) is 3.06. The monoisotopic (exact) mass is 215 g/mol. The predicted octanol–water partition coefficient (Wildman–Crippen LogP) is 0.706. The average molecular weight is 215 g/mol. The van der Waals surface area contributed by atoms with Crippen molar-refractivity contribution in [2.75, 3.05) is 11.1 Å². The zero-order valence-corrected chi connectivity index (χ0v) is 8.29. The van der Waals surface area contributed by atoms with Gasteiger partial charge in [0.05, 0.1) is 29.8 Å². The van der Waals surface area contributed by atoms with Crippen LogP contribution in [0.4, 0.5) is 11.5 Å². The number of aromatic nitrogens is 3. The molecule has 0 aliphatic heterocycles. The molecule has 3 N–H and O–H groups in total. The van der Waals surface area contributed by atoms with Crippen molar-refractivity contribution >= 4 is 17.4 Å². The van der Waals surface area contributed by atoms with Crippen molar-refractivity contribution in [2.24, 2.45) is 0 Å². The molecular weight excluding hydrogens is 206 g/mol. The van der Waals surface area contributed by atoms with Gasteiger partial charge in [-0.3, -0.25) is 4.79 Å². The van der Waals surface area contributed by atoms with Crippen LogP contribution >= 0.6 is 0 Å². The number of amides is 1. The van der Waals surface area contributed by atoms with Crippen molar-refractivity contribution in [1.29, 1.82) is 0 Å². The largest absolute Gasteiger partial charge is 0.384 e. The summed E-state index contributed by atoms with van der Waals surface area (Å²) in [5.41, 5.74) is 6.44. The zero-order chi connectivity index (χ0) is 11.4. The Hall–Kier alpha value is -2.50. The lowest BCUT2D eigenvalue weighted by Gasteiger charge is -2.03. The Balaban J connectivity index is 2.11. The smallest absolute Gasteiger partial charge is 0.257 e. The molecule has 0 radical (unpaired) electrons. The van der Waals surface area contributed by atoms with Crippen LogP contribution in [0.1, 0.15) is 10.4 Å². The maximum absolute atomic E-state index is 11.7. The molecule has 0 saturated heterocycles. The summed E-state index contributed by atoms with van der Waals surface area (Å²) in [5, 5.41) is 9.86. The Bertz CT molecular complexity index is 482. The van der Waals surface area contributed by atoms with Gasteiger partial charge in [-0.15, -0.1) is 0 Å². The third kappa shape index (κ3) is 2.30. The summed E-state index contributed by atoms with van der Waals surface area (Å²) < 4.78 is 0. The third-order valence-corrected chi connectivity index (χ3v) is 1.89. The number of nitrogen functional groups attached to an aromatic ring is 1. The fourth-order valence-electron chi connectivity index (χ4n) is 1.11. The number of rotatable bonds is 2. The molecule has 0 aromatic carbocycles. The van der Waals surface area contributed by atoms with E-state index >= 15 is 0 Å². The van der Waals surface area contributed by atoms with Crippen LogP contribution in [0.15, 0.2) is 36.8 Å². The molecular formula is C10H9N5O. The van der Waals surface area contributed by atoms with E-state index in [1.54, 1.807) is 18.2 Å². The van der Waals surface area contributed by atoms with E-state index < -0.39 is 0 Å². The summed E-state index contributed by atoms with van der Waals surface area (Å²) in [6.45, 7) is 0. The van der Waals surface area contributed by atoms with Gasteiger partial charge in [0.25, 0.3) is 5.91 Å². The number of nitrogens with two attached hydrogens (primary N) is 1. The molecule has 80 valence electrons. The fourth-order valence-corrected chi connectivity index (χ4v) is 1.11. The molecule has 0 unspecified atom stereocenters. The number of carbonyl (C=O) groups excluding carboxylic acids is 1. The van der Waals surface area contributed by atoms with Gasteiger partial charge in [0.15, 0.2) is 0 Å². The lowest BCUT2D eigenvalue weighted by molar-refractivity contribution is 0.102. The van der Waals surface area contributed by atoms with E-state index in [0.717, 1.165) is 0 Å². The van der Waals surface area contributed by atoms with Crippen molar-refractivity contribution in [1.82, 2.24) is 15.2 Å². The number of anilines is 2. The molecule has 1 amide bonds. The first-order valence-corrected chi connectivity index (χ1v) is 4.55. The molecule has 2 rings (SSSR count). The van der Waals surface area contributed by atoms with E-state index in [0.29, 0.717) is 17.1 Å². The number of nitrogens with zero attached hydrogens (tertiary/aromatic N) is 3. The summed E-state index contributed by atoms with van der Waals surface area (Å²) in [4.78, 5) is 15.5. The molecule has 6 heteroatoms. The summed E-state index contributed by atoms with van der Waals surface area (Å²) >= 11 is 0. The van der Waals surface area contributed by atoms with Gasteiger partial charge in [0.2, 0.25) is 0 Å². The van der Waals surface area contributed by atoms with Crippen LogP contribution in [-0.2, 0) is 0 Å². The molecule has 2 heterocycles. The first-order chi connectivity index (χ1) is 7.75. The van der Waals surface area contributed by atoms with Gasteiger partial charge in [-0.05, 0) is 18.2 Å². The molecule has 0 saturated carbocycles. The quantitative estimate of drug-likeness (QED) is 0.769. The maximum atomic E-state index is 11.7. The van der Waals surface area contributed by atoms with E-state index in [-0.39, 0.29) is 5.91 Å². The van der Waals surface area contributed by atoms with E-state index in [1.165, 1.54) is 18.6 Å². The average Bonchev–Trinajstić information content (AvgIpc) is 2.33. The minimum Gasteiger partial charge on any atom is -0.384 e. The van der Waals surface area contributed by atoms with Gasteiger partial charge in [-0.2, -0.15) is 10.2 Å². The van der Waals surface area contributed by atoms with Crippen molar-refractivity contribution in [2.45, 2.75) is 0 Å². The van der Waals surface area contributed by atoms with Gasteiger partial charge < -0.3 is 11.1 Å². The second kappa shape index (κ2) is 4.35. The highest BCUT2D eigenvalue weighted by atomic mass is 16.1. The van der Waals surface area contributed by atoms with Crippen LogP contribution in [0.5, 0.6) is 0 Å². The number of carbonyl (C=O) groups is 1. The second-order valence-corrected chi connectivity index (χ2v) is 3.06. The molecule has 16 heavy (non-hydrogen) atoms. The SMILES string of the molecule is Nc1ccc(NC(=O)c2ccnnc2)cn1. The summed E-state index contributed by atoms with van der Waals surface area (Å²) in [6.07, 6.45) is 4.33. The normalized spacial score (nSPS) is 9.75. The highest BCUT2D eigenvalue weighted by molar-refractivity contribution is 6.03. The van der Waals surface area contributed by atoms with Crippen molar-refractivity contribution in [3.8, 4) is 0 Å². The van der Waals surface area contributed by atoms with Gasteiger partial charge in [-0.1, -0.05) is 0 Å². The van der Waals surface area contributed by atoms with Crippen LogP contribution < -0.4 is 11.1 Å². The minimum atomic E-state index is -0.263. The highest BCUT2D eigenvalue weighted by Crippen LogP contribution is 2.08. The van der Waals surface area contributed by atoms with Crippen molar-refractivity contribution < 1.29 is 4.79 Å². The Labute approximate surface area is 91.5 Å². The van der Waals surface area contributed by atoms with Crippen LogP contribution in [0.25, 0.3) is 0 Å². The summed E-state index contributed by atoms with van der Waals surface area (Å²) in [6, 6.07) is 4.86. The molecule has 0 atom stereocenters. The van der Waals surface area contributed by atoms with Crippen molar-refractivity contribution in [3.05, 3.63) is 42.4 Å². The Morgan fingerprint density at radius 3 is 2.69 bits per heavy atom. The molecule has 2 aromatic rings. The van der Waals surface area contributed by atoms with E-state index in [1.807, 2.05) is 0 Å². The molecule has 0 bridgehead atoms. The van der Waals surface area contributed by atoms with Crippen LogP contribution in [0, 0.1) is 0 Å². The zero-order valence-electron chi connectivity index (χ0n) is 8.29. The molecule has 0 spiro atoms.